The van der Waals surface area contributed by atoms with Crippen molar-refractivity contribution >= 4 is 17.4 Å². The van der Waals surface area contributed by atoms with Gasteiger partial charge >= 0.3 is 0 Å². The molecule has 0 N–H and O–H groups in total. The Kier molecular flexibility index (Phi) is 3.67. The number of nitriles is 1. The fraction of sp³-hybridized carbons (Fsp3) is 0.273. The van der Waals surface area contributed by atoms with E-state index >= 15 is 0 Å². The summed E-state index contributed by atoms with van der Waals surface area (Å²) in [4.78, 5) is 11.4. The molecule has 1 aromatic carbocycles. The van der Waals surface area contributed by atoms with Gasteiger partial charge in [-0.3, -0.25) is 4.79 Å². The first kappa shape index (κ1) is 10.7. The summed E-state index contributed by atoms with van der Waals surface area (Å²) < 4.78 is 0. The molecule has 0 heterocycles. The molecule has 0 unspecified atom stereocenters. The van der Waals surface area contributed by atoms with Crippen LogP contribution in [-0.2, 0) is 0 Å². The standard InChI is InChI=1S/C11H10ClNO/c1-8-6-9(11(14)4-5-12)2-3-10(8)7-13/h2-3,6H,4-5H2,1H3. The van der Waals surface area contributed by atoms with Gasteiger partial charge in [-0.2, -0.15) is 5.26 Å². The van der Waals surface area contributed by atoms with Gasteiger partial charge in [0.1, 0.15) is 0 Å². The Hall–Kier alpha value is -1.33. The lowest BCUT2D eigenvalue weighted by Gasteiger charge is -2.01. The minimum Gasteiger partial charge on any atom is -0.294 e. The molecule has 0 bridgehead atoms. The summed E-state index contributed by atoms with van der Waals surface area (Å²) in [7, 11) is 0. The smallest absolute Gasteiger partial charge is 0.164 e. The van der Waals surface area contributed by atoms with E-state index < -0.39 is 0 Å². The maximum absolute atomic E-state index is 11.4. The summed E-state index contributed by atoms with van der Waals surface area (Å²) in [6, 6.07) is 7.12. The number of rotatable bonds is 3. The van der Waals surface area contributed by atoms with Gasteiger partial charge in [-0.1, -0.05) is 6.07 Å². The van der Waals surface area contributed by atoms with Crippen LogP contribution in [0.5, 0.6) is 0 Å². The molecule has 0 aliphatic heterocycles. The molecule has 72 valence electrons. The number of hydrogen-bond donors (Lipinski definition) is 0. The first-order valence-corrected chi connectivity index (χ1v) is 4.82. The Morgan fingerprint density at radius 2 is 2.29 bits per heavy atom. The minimum absolute atomic E-state index is 0.0209. The number of benzene rings is 1. The zero-order valence-corrected chi connectivity index (χ0v) is 8.64. The lowest BCUT2D eigenvalue weighted by Crippen LogP contribution is -2.00. The van der Waals surface area contributed by atoms with Crippen molar-refractivity contribution in [1.29, 1.82) is 5.26 Å². The summed E-state index contributed by atoms with van der Waals surface area (Å²) in [5, 5.41) is 8.70. The molecule has 0 saturated heterocycles. The topological polar surface area (TPSA) is 40.9 Å². The van der Waals surface area contributed by atoms with Crippen LogP contribution in [0.4, 0.5) is 0 Å². The van der Waals surface area contributed by atoms with Gasteiger partial charge in [0.05, 0.1) is 11.6 Å². The molecule has 0 amide bonds. The van der Waals surface area contributed by atoms with Crippen LogP contribution in [0.15, 0.2) is 18.2 Å². The van der Waals surface area contributed by atoms with Crippen LogP contribution in [-0.4, -0.2) is 11.7 Å². The van der Waals surface area contributed by atoms with Gasteiger partial charge in [0.25, 0.3) is 0 Å². The van der Waals surface area contributed by atoms with Crippen molar-refractivity contribution in [2.45, 2.75) is 13.3 Å². The number of ketones is 1. The van der Waals surface area contributed by atoms with E-state index in [0.29, 0.717) is 23.4 Å². The van der Waals surface area contributed by atoms with E-state index in [1.165, 1.54) is 0 Å². The zero-order valence-electron chi connectivity index (χ0n) is 7.88. The highest BCUT2D eigenvalue weighted by Crippen LogP contribution is 2.11. The lowest BCUT2D eigenvalue weighted by atomic mass is 10.0. The molecule has 0 aliphatic rings. The van der Waals surface area contributed by atoms with Gasteiger partial charge in [-0.05, 0) is 24.6 Å². The monoisotopic (exact) mass is 207 g/mol. The van der Waals surface area contributed by atoms with E-state index in [2.05, 4.69) is 6.07 Å². The molecule has 3 heteroatoms. The number of halogens is 1. The van der Waals surface area contributed by atoms with Gasteiger partial charge in [-0.25, -0.2) is 0 Å². The average molecular weight is 208 g/mol. The highest BCUT2D eigenvalue weighted by atomic mass is 35.5. The number of carbonyl (C=O) groups is 1. The number of hydrogen-bond acceptors (Lipinski definition) is 2. The maximum Gasteiger partial charge on any atom is 0.164 e. The van der Waals surface area contributed by atoms with Gasteiger partial charge < -0.3 is 0 Å². The maximum atomic E-state index is 11.4. The Balaban J connectivity index is 2.98. The van der Waals surface area contributed by atoms with E-state index in [0.717, 1.165) is 5.56 Å². The Bertz CT molecular complexity index is 393. The molecule has 0 aliphatic carbocycles. The molecule has 1 rings (SSSR count). The van der Waals surface area contributed by atoms with Crippen LogP contribution in [0, 0.1) is 18.3 Å². The lowest BCUT2D eigenvalue weighted by molar-refractivity contribution is 0.0989. The summed E-state index contributed by atoms with van der Waals surface area (Å²) in [6.07, 6.45) is 0.340. The summed E-state index contributed by atoms with van der Waals surface area (Å²) in [5.74, 6) is 0.352. The highest BCUT2D eigenvalue weighted by molar-refractivity contribution is 6.19. The van der Waals surface area contributed by atoms with Crippen molar-refractivity contribution in [1.82, 2.24) is 0 Å². The molecule has 2 nitrogen and oxygen atoms in total. The van der Waals surface area contributed by atoms with E-state index in [-0.39, 0.29) is 5.78 Å². The largest absolute Gasteiger partial charge is 0.294 e. The third kappa shape index (κ3) is 2.34. The van der Waals surface area contributed by atoms with Gasteiger partial charge in [0.2, 0.25) is 0 Å². The molecular weight excluding hydrogens is 198 g/mol. The van der Waals surface area contributed by atoms with Crippen LogP contribution >= 0.6 is 11.6 Å². The second-order valence-electron chi connectivity index (χ2n) is 3.00. The minimum atomic E-state index is 0.0209. The molecule has 0 aromatic heterocycles. The second-order valence-corrected chi connectivity index (χ2v) is 3.38. The number of alkyl halides is 1. The molecule has 0 fully saturated rings. The second kappa shape index (κ2) is 4.78. The van der Waals surface area contributed by atoms with Gasteiger partial charge in [0.15, 0.2) is 5.78 Å². The third-order valence-corrected chi connectivity index (χ3v) is 2.18. The number of nitrogens with zero attached hydrogens (tertiary/aromatic N) is 1. The quantitative estimate of drug-likeness (QED) is 0.565. The first-order valence-electron chi connectivity index (χ1n) is 4.29. The average Bonchev–Trinajstić information content (AvgIpc) is 2.18. The molecule has 14 heavy (non-hydrogen) atoms. The van der Waals surface area contributed by atoms with Gasteiger partial charge in [0, 0.05) is 17.9 Å². The van der Waals surface area contributed by atoms with Crippen molar-refractivity contribution in [3.63, 3.8) is 0 Å². The molecule has 0 spiro atoms. The third-order valence-electron chi connectivity index (χ3n) is 1.99. The number of aryl methyl sites for hydroxylation is 1. The predicted molar refractivity (Wildman–Crippen MR) is 55.6 cm³/mol. The van der Waals surface area contributed by atoms with Crippen LogP contribution < -0.4 is 0 Å². The van der Waals surface area contributed by atoms with E-state index in [9.17, 15) is 4.79 Å². The Labute approximate surface area is 88.1 Å². The first-order chi connectivity index (χ1) is 6.69. The SMILES string of the molecule is Cc1cc(C(=O)CCCl)ccc1C#N. The molecule has 0 saturated carbocycles. The number of Topliss-reactive ketones (excluding diaryl/α,β-unsaturated/α-hetero) is 1. The summed E-state index contributed by atoms with van der Waals surface area (Å²) in [5.41, 5.74) is 2.06. The van der Waals surface area contributed by atoms with Crippen LogP contribution in [0.2, 0.25) is 0 Å². The van der Waals surface area contributed by atoms with Gasteiger partial charge in [-0.15, -0.1) is 11.6 Å². The van der Waals surface area contributed by atoms with Crippen molar-refractivity contribution in [2.75, 3.05) is 5.88 Å². The molecule has 0 radical (unpaired) electrons. The fourth-order valence-corrected chi connectivity index (χ4v) is 1.36. The van der Waals surface area contributed by atoms with Crippen LogP contribution in [0.1, 0.15) is 27.9 Å². The van der Waals surface area contributed by atoms with Crippen LogP contribution in [0.3, 0.4) is 0 Å². The highest BCUT2D eigenvalue weighted by Gasteiger charge is 2.06. The fourth-order valence-electron chi connectivity index (χ4n) is 1.19. The van der Waals surface area contributed by atoms with Crippen molar-refractivity contribution in [3.8, 4) is 6.07 Å². The predicted octanol–water partition coefficient (Wildman–Crippen LogP) is 2.68. The van der Waals surface area contributed by atoms with Crippen molar-refractivity contribution in [2.24, 2.45) is 0 Å². The van der Waals surface area contributed by atoms with Crippen molar-refractivity contribution in [3.05, 3.63) is 34.9 Å². The summed E-state index contributed by atoms with van der Waals surface area (Å²) in [6.45, 7) is 1.82. The summed E-state index contributed by atoms with van der Waals surface area (Å²) >= 11 is 5.47. The molecule has 0 atom stereocenters. The Morgan fingerprint density at radius 3 is 2.79 bits per heavy atom. The van der Waals surface area contributed by atoms with E-state index in [1.807, 2.05) is 6.92 Å². The molecular formula is C11H10ClNO. The normalized spacial score (nSPS) is 9.50. The number of carbonyl (C=O) groups excluding carboxylic acids is 1. The Morgan fingerprint density at radius 1 is 1.57 bits per heavy atom. The molecule has 1 aromatic rings. The van der Waals surface area contributed by atoms with E-state index in [1.54, 1.807) is 18.2 Å². The zero-order chi connectivity index (χ0) is 10.6. The van der Waals surface area contributed by atoms with Crippen molar-refractivity contribution < 1.29 is 4.79 Å². The van der Waals surface area contributed by atoms with E-state index in [4.69, 9.17) is 16.9 Å². The van der Waals surface area contributed by atoms with Crippen LogP contribution in [0.25, 0.3) is 0 Å².